The molecule has 72 valence electrons. The van der Waals surface area contributed by atoms with Gasteiger partial charge in [0.1, 0.15) is 0 Å². The molecule has 1 N–H and O–H groups in total. The summed E-state index contributed by atoms with van der Waals surface area (Å²) >= 11 is 0. The third kappa shape index (κ3) is 4.04. The van der Waals surface area contributed by atoms with Crippen molar-refractivity contribution in [2.75, 3.05) is 26.4 Å². The van der Waals surface area contributed by atoms with Crippen LogP contribution in [-0.2, 0) is 9.47 Å². The number of hydrogen-bond acceptors (Lipinski definition) is 3. The van der Waals surface area contributed by atoms with Crippen LogP contribution in [0.4, 0.5) is 0 Å². The monoisotopic (exact) mass is 173 g/mol. The SMILES string of the molecule is CC(C)OCCC1COCCN1. The lowest BCUT2D eigenvalue weighted by Crippen LogP contribution is -2.41. The van der Waals surface area contributed by atoms with Gasteiger partial charge in [0.2, 0.25) is 0 Å². The van der Waals surface area contributed by atoms with Crippen molar-refractivity contribution in [2.45, 2.75) is 32.4 Å². The summed E-state index contributed by atoms with van der Waals surface area (Å²) in [6.07, 6.45) is 1.40. The van der Waals surface area contributed by atoms with Crippen molar-refractivity contribution in [3.05, 3.63) is 0 Å². The zero-order valence-corrected chi connectivity index (χ0v) is 8.01. The van der Waals surface area contributed by atoms with Crippen molar-refractivity contribution >= 4 is 0 Å². The predicted octanol–water partition coefficient (Wildman–Crippen LogP) is 0.790. The molecule has 0 spiro atoms. The summed E-state index contributed by atoms with van der Waals surface area (Å²) in [6, 6.07) is 0.498. The van der Waals surface area contributed by atoms with Gasteiger partial charge in [-0.25, -0.2) is 0 Å². The Hall–Kier alpha value is -0.120. The minimum atomic E-state index is 0.342. The summed E-state index contributed by atoms with van der Waals surface area (Å²) in [5.41, 5.74) is 0. The summed E-state index contributed by atoms with van der Waals surface area (Å²) in [5, 5.41) is 3.39. The number of hydrogen-bond donors (Lipinski definition) is 1. The molecule has 0 radical (unpaired) electrons. The van der Waals surface area contributed by atoms with Crippen molar-refractivity contribution in [1.82, 2.24) is 5.32 Å². The molecule has 1 rings (SSSR count). The van der Waals surface area contributed by atoms with E-state index in [4.69, 9.17) is 9.47 Å². The maximum absolute atomic E-state index is 5.45. The van der Waals surface area contributed by atoms with Gasteiger partial charge in [-0.1, -0.05) is 0 Å². The Morgan fingerprint density at radius 1 is 1.58 bits per heavy atom. The third-order valence-corrected chi connectivity index (χ3v) is 1.92. The van der Waals surface area contributed by atoms with E-state index < -0.39 is 0 Å². The highest BCUT2D eigenvalue weighted by atomic mass is 16.5. The Bertz CT molecular complexity index is 111. The highest BCUT2D eigenvalue weighted by Crippen LogP contribution is 1.99. The molecule has 0 aliphatic carbocycles. The summed E-state index contributed by atoms with van der Waals surface area (Å²) < 4.78 is 10.8. The zero-order valence-electron chi connectivity index (χ0n) is 8.01. The topological polar surface area (TPSA) is 30.5 Å². The van der Waals surface area contributed by atoms with Crippen LogP contribution in [0.25, 0.3) is 0 Å². The second-order valence-electron chi connectivity index (χ2n) is 3.43. The highest BCUT2D eigenvalue weighted by molar-refractivity contribution is 4.69. The molecule has 0 saturated carbocycles. The van der Waals surface area contributed by atoms with Gasteiger partial charge in [-0.2, -0.15) is 0 Å². The van der Waals surface area contributed by atoms with Gasteiger partial charge in [-0.05, 0) is 20.3 Å². The summed E-state index contributed by atoms with van der Waals surface area (Å²) in [5.74, 6) is 0. The largest absolute Gasteiger partial charge is 0.379 e. The second-order valence-corrected chi connectivity index (χ2v) is 3.43. The van der Waals surface area contributed by atoms with Crippen molar-refractivity contribution in [1.29, 1.82) is 0 Å². The lowest BCUT2D eigenvalue weighted by atomic mass is 10.2. The van der Waals surface area contributed by atoms with Crippen molar-refractivity contribution in [2.24, 2.45) is 0 Å². The summed E-state index contributed by atoms with van der Waals surface area (Å²) in [4.78, 5) is 0. The molecule has 1 saturated heterocycles. The van der Waals surface area contributed by atoms with E-state index in [1.165, 1.54) is 0 Å². The molecule has 12 heavy (non-hydrogen) atoms. The van der Waals surface area contributed by atoms with Gasteiger partial charge >= 0.3 is 0 Å². The number of rotatable bonds is 4. The van der Waals surface area contributed by atoms with Crippen LogP contribution in [0.2, 0.25) is 0 Å². The van der Waals surface area contributed by atoms with E-state index in [0.29, 0.717) is 12.1 Å². The van der Waals surface area contributed by atoms with Crippen LogP contribution in [0, 0.1) is 0 Å². The van der Waals surface area contributed by atoms with Gasteiger partial charge in [0.15, 0.2) is 0 Å². The van der Waals surface area contributed by atoms with Gasteiger partial charge in [-0.15, -0.1) is 0 Å². The fraction of sp³-hybridized carbons (Fsp3) is 1.00. The summed E-state index contributed by atoms with van der Waals surface area (Å²) in [6.45, 7) is 7.61. The van der Waals surface area contributed by atoms with E-state index in [-0.39, 0.29) is 0 Å². The molecule has 1 aliphatic heterocycles. The minimum absolute atomic E-state index is 0.342. The van der Waals surface area contributed by atoms with Crippen LogP contribution in [0.15, 0.2) is 0 Å². The first-order valence-corrected chi connectivity index (χ1v) is 4.72. The Balaban J connectivity index is 1.98. The maximum Gasteiger partial charge on any atom is 0.0621 e. The normalized spacial score (nSPS) is 24.8. The molecular weight excluding hydrogens is 154 g/mol. The smallest absolute Gasteiger partial charge is 0.0621 e. The lowest BCUT2D eigenvalue weighted by Gasteiger charge is -2.23. The van der Waals surface area contributed by atoms with Gasteiger partial charge in [0.05, 0.1) is 19.3 Å². The molecular formula is C9H19NO2. The maximum atomic E-state index is 5.45. The third-order valence-electron chi connectivity index (χ3n) is 1.92. The fourth-order valence-corrected chi connectivity index (χ4v) is 1.25. The van der Waals surface area contributed by atoms with Crippen LogP contribution >= 0.6 is 0 Å². The Labute approximate surface area is 74.4 Å². The molecule has 3 heteroatoms. The van der Waals surface area contributed by atoms with E-state index in [1.807, 2.05) is 0 Å². The van der Waals surface area contributed by atoms with Crippen LogP contribution in [0.3, 0.4) is 0 Å². The zero-order chi connectivity index (χ0) is 8.81. The van der Waals surface area contributed by atoms with Crippen LogP contribution in [0.5, 0.6) is 0 Å². The van der Waals surface area contributed by atoms with Crippen molar-refractivity contribution in [3.8, 4) is 0 Å². The van der Waals surface area contributed by atoms with Gasteiger partial charge in [0.25, 0.3) is 0 Å². The molecule has 1 aliphatic rings. The van der Waals surface area contributed by atoms with Crippen LogP contribution < -0.4 is 5.32 Å². The minimum Gasteiger partial charge on any atom is -0.379 e. The second kappa shape index (κ2) is 5.51. The average molecular weight is 173 g/mol. The Morgan fingerprint density at radius 2 is 2.42 bits per heavy atom. The van der Waals surface area contributed by atoms with E-state index in [0.717, 1.165) is 32.8 Å². The molecule has 1 fully saturated rings. The molecule has 0 amide bonds. The van der Waals surface area contributed by atoms with E-state index in [9.17, 15) is 0 Å². The Kier molecular flexibility index (Phi) is 4.58. The highest BCUT2D eigenvalue weighted by Gasteiger charge is 2.12. The number of ether oxygens (including phenoxy) is 2. The molecule has 0 aromatic rings. The van der Waals surface area contributed by atoms with Crippen LogP contribution in [-0.4, -0.2) is 38.5 Å². The predicted molar refractivity (Wildman–Crippen MR) is 48.3 cm³/mol. The van der Waals surface area contributed by atoms with Gasteiger partial charge in [0, 0.05) is 19.2 Å². The standard InChI is InChI=1S/C9H19NO2/c1-8(2)12-5-3-9-7-11-6-4-10-9/h8-10H,3-7H2,1-2H3. The molecule has 1 heterocycles. The molecule has 0 aromatic heterocycles. The van der Waals surface area contributed by atoms with Gasteiger partial charge < -0.3 is 14.8 Å². The first-order valence-electron chi connectivity index (χ1n) is 4.72. The molecule has 0 aromatic carbocycles. The average Bonchev–Trinajstić information content (AvgIpc) is 2.05. The fourth-order valence-electron chi connectivity index (χ4n) is 1.25. The number of nitrogens with one attached hydrogen (secondary N) is 1. The van der Waals surface area contributed by atoms with Crippen molar-refractivity contribution in [3.63, 3.8) is 0 Å². The molecule has 1 atom stereocenters. The quantitative estimate of drug-likeness (QED) is 0.682. The first-order chi connectivity index (χ1) is 5.79. The summed E-state index contributed by atoms with van der Waals surface area (Å²) in [7, 11) is 0. The van der Waals surface area contributed by atoms with E-state index in [1.54, 1.807) is 0 Å². The molecule has 3 nitrogen and oxygen atoms in total. The first kappa shape index (κ1) is 9.96. The lowest BCUT2D eigenvalue weighted by molar-refractivity contribution is 0.0388. The van der Waals surface area contributed by atoms with Crippen molar-refractivity contribution < 1.29 is 9.47 Å². The van der Waals surface area contributed by atoms with E-state index >= 15 is 0 Å². The molecule has 0 bridgehead atoms. The van der Waals surface area contributed by atoms with Gasteiger partial charge in [-0.3, -0.25) is 0 Å². The van der Waals surface area contributed by atoms with E-state index in [2.05, 4.69) is 19.2 Å². The number of morpholine rings is 1. The molecule has 1 unspecified atom stereocenters. The Morgan fingerprint density at radius 3 is 3.00 bits per heavy atom. The van der Waals surface area contributed by atoms with Crippen LogP contribution in [0.1, 0.15) is 20.3 Å².